The van der Waals surface area contributed by atoms with E-state index >= 15 is 0 Å². The summed E-state index contributed by atoms with van der Waals surface area (Å²) in [7, 11) is 0. The third-order valence-electron chi connectivity index (χ3n) is 0.477. The molecule has 0 heterocycles. The summed E-state index contributed by atoms with van der Waals surface area (Å²) in [5.74, 6) is 8.97. The lowest BCUT2D eigenvalue weighted by Crippen LogP contribution is -1.69. The number of allylic oxidation sites excluding steroid dienone is 1. The molecule has 0 unspecified atom stereocenters. The van der Waals surface area contributed by atoms with Crippen molar-refractivity contribution in [2.75, 3.05) is 0 Å². The fraction of sp³-hybridized carbons (Fsp3) is 0. The minimum atomic E-state index is -0.199. The number of hydrogen-bond acceptors (Lipinski definition) is 1. The van der Waals surface area contributed by atoms with Crippen LogP contribution in [-0.2, 0) is 4.79 Å². The standard InChI is InChI=1S/C8O/c1-3-5-6-8(4-2)7-9/q-2. The van der Waals surface area contributed by atoms with Crippen molar-refractivity contribution >= 4 is 5.94 Å². The fourth-order valence-corrected chi connectivity index (χ4v) is 0.176. The molecule has 1 heteroatoms. The Morgan fingerprint density at radius 1 is 1.33 bits per heavy atom. The Kier molecular flexibility index (Phi) is 3.40. The first-order valence-electron chi connectivity index (χ1n) is 1.95. The quantitative estimate of drug-likeness (QED) is 0.243. The van der Waals surface area contributed by atoms with Gasteiger partial charge in [0, 0.05) is 5.94 Å². The summed E-state index contributed by atoms with van der Waals surface area (Å²) in [5.41, 5.74) is -0.199. The molecule has 0 atom stereocenters. The minimum Gasteiger partial charge on any atom is -0.365 e. The fourth-order valence-electron chi connectivity index (χ4n) is 0.176. The monoisotopic (exact) mass is 112 g/mol. The van der Waals surface area contributed by atoms with Gasteiger partial charge in [-0.3, -0.25) is 28.5 Å². The van der Waals surface area contributed by atoms with Gasteiger partial charge in [0.1, 0.15) is 0 Å². The number of carbonyl (C=O) groups excluding carboxylic acids is 1. The molecule has 0 spiro atoms. The van der Waals surface area contributed by atoms with Crippen molar-refractivity contribution in [2.24, 2.45) is 0 Å². The first-order valence-corrected chi connectivity index (χ1v) is 1.95. The molecule has 1 nitrogen and oxygen atoms in total. The van der Waals surface area contributed by atoms with E-state index in [0.717, 1.165) is 0 Å². The molecule has 0 aliphatic heterocycles. The van der Waals surface area contributed by atoms with Crippen molar-refractivity contribution < 1.29 is 4.79 Å². The van der Waals surface area contributed by atoms with Gasteiger partial charge in [-0.15, -0.1) is 0 Å². The molecule has 0 rings (SSSR count). The number of rotatable bonds is 0. The maximum absolute atomic E-state index is 9.71. The average molecular weight is 112 g/mol. The third-order valence-corrected chi connectivity index (χ3v) is 0.477. The summed E-state index contributed by atoms with van der Waals surface area (Å²) in [6, 6.07) is 0. The molecule has 0 amide bonds. The first-order chi connectivity index (χ1) is 4.35. The van der Waals surface area contributed by atoms with Crippen LogP contribution in [0.1, 0.15) is 0 Å². The molecule has 0 aromatic heterocycles. The Bertz CT molecular complexity index is 279. The van der Waals surface area contributed by atoms with Crippen LogP contribution in [0.5, 0.6) is 0 Å². The molecular weight excluding hydrogens is 112 g/mol. The summed E-state index contributed by atoms with van der Waals surface area (Å²) >= 11 is 0. The molecular formula is C8O-2. The lowest BCUT2D eigenvalue weighted by atomic mass is 10.3. The highest BCUT2D eigenvalue weighted by Crippen LogP contribution is 1.76. The zero-order valence-corrected chi connectivity index (χ0v) is 4.41. The predicted molar refractivity (Wildman–Crippen MR) is 31.2 cm³/mol. The van der Waals surface area contributed by atoms with Gasteiger partial charge in [-0.1, -0.05) is 0 Å². The van der Waals surface area contributed by atoms with Crippen LogP contribution in [0.2, 0.25) is 0 Å². The summed E-state index contributed by atoms with van der Waals surface area (Å²) in [6.07, 6.45) is 12.7. The molecule has 0 aliphatic carbocycles. The Balaban J connectivity index is 4.48. The van der Waals surface area contributed by atoms with Crippen LogP contribution in [0.3, 0.4) is 0 Å². The van der Waals surface area contributed by atoms with Gasteiger partial charge < -0.3 is 12.8 Å². The highest BCUT2D eigenvalue weighted by Gasteiger charge is 1.60. The van der Waals surface area contributed by atoms with Gasteiger partial charge in [-0.25, -0.2) is 0 Å². The van der Waals surface area contributed by atoms with Gasteiger partial charge >= 0.3 is 0 Å². The van der Waals surface area contributed by atoms with Gasteiger partial charge in [-0.05, 0) is 5.57 Å². The average Bonchev–Trinajstić information content (AvgIpc) is 1.91. The van der Waals surface area contributed by atoms with Crippen LogP contribution in [-0.4, -0.2) is 5.94 Å². The Morgan fingerprint density at radius 2 is 2.00 bits per heavy atom. The SMILES string of the molecule is [C-]#CC#CC(=C=O)C#[C-]. The molecule has 0 saturated carbocycles. The molecule has 0 aromatic carbocycles. The third kappa shape index (κ3) is 2.78. The van der Waals surface area contributed by atoms with Crippen molar-refractivity contribution in [2.45, 2.75) is 0 Å². The van der Waals surface area contributed by atoms with E-state index in [4.69, 9.17) is 12.8 Å². The van der Waals surface area contributed by atoms with Crippen LogP contribution in [0.4, 0.5) is 0 Å². The van der Waals surface area contributed by atoms with Crippen molar-refractivity contribution in [3.8, 4) is 23.7 Å². The van der Waals surface area contributed by atoms with Gasteiger partial charge in [0.2, 0.25) is 0 Å². The zero-order valence-electron chi connectivity index (χ0n) is 4.41. The Morgan fingerprint density at radius 3 is 2.33 bits per heavy atom. The van der Waals surface area contributed by atoms with Gasteiger partial charge in [-0.2, -0.15) is 0 Å². The Labute approximate surface area is 53.8 Å². The molecule has 0 aromatic rings. The molecule has 0 radical (unpaired) electrons. The summed E-state index contributed by atoms with van der Waals surface area (Å²) in [5, 5.41) is 0. The molecule has 0 N–H and O–H groups in total. The maximum Gasteiger partial charge on any atom is 0.0474 e. The molecule has 0 aliphatic rings. The van der Waals surface area contributed by atoms with Crippen LogP contribution in [0.25, 0.3) is 0 Å². The second kappa shape index (κ2) is 4.29. The van der Waals surface area contributed by atoms with Crippen LogP contribution < -0.4 is 0 Å². The van der Waals surface area contributed by atoms with Crippen molar-refractivity contribution in [3.63, 3.8) is 0 Å². The van der Waals surface area contributed by atoms with E-state index in [1.54, 1.807) is 11.8 Å². The second-order valence-electron chi connectivity index (χ2n) is 0.977. The van der Waals surface area contributed by atoms with E-state index in [2.05, 4.69) is 5.92 Å². The molecule has 0 fully saturated rings. The predicted octanol–water partition coefficient (Wildman–Crippen LogP) is -0.0726. The number of hydrogen-bond donors (Lipinski definition) is 0. The summed E-state index contributed by atoms with van der Waals surface area (Å²) in [6.45, 7) is 0. The van der Waals surface area contributed by atoms with E-state index < -0.39 is 0 Å². The minimum absolute atomic E-state index is 0.199. The molecule has 9 heavy (non-hydrogen) atoms. The van der Waals surface area contributed by atoms with E-state index in [0.29, 0.717) is 0 Å². The highest BCUT2D eigenvalue weighted by atomic mass is 16.1. The van der Waals surface area contributed by atoms with Gasteiger partial charge in [0.25, 0.3) is 0 Å². The van der Waals surface area contributed by atoms with Crippen LogP contribution in [0, 0.1) is 36.5 Å². The largest absolute Gasteiger partial charge is 0.365 e. The first kappa shape index (κ1) is 7.13. The lowest BCUT2D eigenvalue weighted by molar-refractivity contribution is 0.568. The molecule has 0 bridgehead atoms. The van der Waals surface area contributed by atoms with Crippen molar-refractivity contribution in [1.29, 1.82) is 0 Å². The molecule has 0 saturated heterocycles. The maximum atomic E-state index is 9.71. The van der Waals surface area contributed by atoms with E-state index in [-0.39, 0.29) is 5.57 Å². The van der Waals surface area contributed by atoms with Crippen LogP contribution in [0.15, 0.2) is 5.57 Å². The van der Waals surface area contributed by atoms with Gasteiger partial charge in [0.15, 0.2) is 0 Å². The normalized spacial score (nSPS) is 4.67. The highest BCUT2D eigenvalue weighted by molar-refractivity contribution is 5.67. The van der Waals surface area contributed by atoms with Crippen molar-refractivity contribution in [3.05, 3.63) is 18.4 Å². The summed E-state index contributed by atoms with van der Waals surface area (Å²) in [4.78, 5) is 9.71. The van der Waals surface area contributed by atoms with E-state index in [9.17, 15) is 4.79 Å². The second-order valence-corrected chi connectivity index (χ2v) is 0.977. The smallest absolute Gasteiger partial charge is 0.0474 e. The summed E-state index contributed by atoms with van der Waals surface area (Å²) < 4.78 is 0. The van der Waals surface area contributed by atoms with E-state index in [1.807, 2.05) is 5.92 Å². The van der Waals surface area contributed by atoms with Gasteiger partial charge in [0.05, 0.1) is 0 Å². The zero-order chi connectivity index (χ0) is 7.11. The Hall–Kier alpha value is -1.87. The van der Waals surface area contributed by atoms with E-state index in [1.165, 1.54) is 5.94 Å². The lowest BCUT2D eigenvalue weighted by Gasteiger charge is -1.87. The van der Waals surface area contributed by atoms with Crippen LogP contribution >= 0.6 is 0 Å². The van der Waals surface area contributed by atoms with Crippen molar-refractivity contribution in [1.82, 2.24) is 0 Å². The topological polar surface area (TPSA) is 17.1 Å². The molecule has 40 valence electrons.